The first kappa shape index (κ1) is 12.2. The minimum absolute atomic E-state index is 0.332. The Hall–Kier alpha value is -0.590. The van der Waals surface area contributed by atoms with Gasteiger partial charge in [-0.25, -0.2) is 0 Å². The molecule has 3 fully saturated rings. The van der Waals surface area contributed by atoms with Crippen LogP contribution in [0.5, 0.6) is 0 Å². The van der Waals surface area contributed by atoms with Gasteiger partial charge in [0.05, 0.1) is 18.1 Å². The summed E-state index contributed by atoms with van der Waals surface area (Å²) in [6.45, 7) is 1.08. The molecular formula is C13H19N3O2S. The molecule has 6 heteroatoms. The van der Waals surface area contributed by atoms with Crippen LogP contribution in [0.25, 0.3) is 0 Å². The third-order valence-electron chi connectivity index (χ3n) is 4.34. The van der Waals surface area contributed by atoms with Gasteiger partial charge in [0, 0.05) is 30.5 Å². The van der Waals surface area contributed by atoms with Crippen molar-refractivity contribution in [3.8, 4) is 0 Å². The summed E-state index contributed by atoms with van der Waals surface area (Å²) in [4.78, 5) is 4.60. The van der Waals surface area contributed by atoms with Gasteiger partial charge in [-0.2, -0.15) is 16.7 Å². The van der Waals surface area contributed by atoms with Crippen LogP contribution in [-0.2, 0) is 11.2 Å². The quantitative estimate of drug-likeness (QED) is 0.902. The Morgan fingerprint density at radius 3 is 3.11 bits per heavy atom. The van der Waals surface area contributed by atoms with E-state index >= 15 is 0 Å². The first-order valence-electron chi connectivity index (χ1n) is 7.17. The van der Waals surface area contributed by atoms with Crippen LogP contribution in [0.4, 0.5) is 0 Å². The van der Waals surface area contributed by atoms with Gasteiger partial charge in [0.1, 0.15) is 0 Å². The minimum Gasteiger partial charge on any atom is -0.374 e. The van der Waals surface area contributed by atoms with E-state index in [9.17, 15) is 0 Å². The molecule has 4 heterocycles. The topological polar surface area (TPSA) is 60.2 Å². The van der Waals surface area contributed by atoms with E-state index in [-0.39, 0.29) is 0 Å². The van der Waals surface area contributed by atoms with E-state index in [0.717, 1.165) is 43.3 Å². The zero-order chi connectivity index (χ0) is 12.7. The Bertz CT molecular complexity index is 447. The largest absolute Gasteiger partial charge is 0.374 e. The SMILES string of the molecule is C1CSCC(Cc2nc(C3CC4CCC3O4)no2)N1. The van der Waals surface area contributed by atoms with Crippen molar-refractivity contribution < 1.29 is 9.26 Å². The number of nitrogens with zero attached hydrogens (tertiary/aromatic N) is 2. The van der Waals surface area contributed by atoms with E-state index in [4.69, 9.17) is 9.26 Å². The molecule has 1 aromatic rings. The summed E-state index contributed by atoms with van der Waals surface area (Å²) in [5.41, 5.74) is 0. The fourth-order valence-electron chi connectivity index (χ4n) is 3.37. The number of fused-ring (bicyclic) bond motifs is 2. The van der Waals surface area contributed by atoms with Crippen molar-refractivity contribution in [1.29, 1.82) is 0 Å². The smallest absolute Gasteiger partial charge is 0.228 e. The normalized spacial score (nSPS) is 37.9. The van der Waals surface area contributed by atoms with Gasteiger partial charge in [-0.05, 0) is 19.3 Å². The van der Waals surface area contributed by atoms with Crippen LogP contribution in [0.2, 0.25) is 0 Å². The molecule has 0 radical (unpaired) electrons. The molecule has 0 aliphatic carbocycles. The van der Waals surface area contributed by atoms with Gasteiger partial charge in [-0.15, -0.1) is 0 Å². The molecule has 2 bridgehead atoms. The highest BCUT2D eigenvalue weighted by Gasteiger charge is 2.43. The van der Waals surface area contributed by atoms with Crippen molar-refractivity contribution in [3.63, 3.8) is 0 Å². The Kier molecular flexibility index (Phi) is 3.25. The molecule has 1 aromatic heterocycles. The second-order valence-electron chi connectivity index (χ2n) is 5.69. The molecule has 3 aliphatic heterocycles. The highest BCUT2D eigenvalue weighted by molar-refractivity contribution is 7.99. The van der Waals surface area contributed by atoms with E-state index in [1.165, 1.54) is 12.2 Å². The average molecular weight is 281 g/mol. The molecule has 0 amide bonds. The summed E-state index contributed by atoms with van der Waals surface area (Å²) in [5.74, 6) is 4.34. The van der Waals surface area contributed by atoms with Crippen LogP contribution in [0, 0.1) is 0 Å². The Labute approximate surface area is 116 Å². The van der Waals surface area contributed by atoms with Crippen LogP contribution in [0.15, 0.2) is 4.52 Å². The van der Waals surface area contributed by atoms with Gasteiger partial charge >= 0.3 is 0 Å². The average Bonchev–Trinajstić information content (AvgIpc) is 3.15. The highest BCUT2D eigenvalue weighted by Crippen LogP contribution is 2.43. The van der Waals surface area contributed by atoms with Gasteiger partial charge < -0.3 is 14.6 Å². The van der Waals surface area contributed by atoms with Crippen molar-refractivity contribution in [3.05, 3.63) is 11.7 Å². The van der Waals surface area contributed by atoms with E-state index < -0.39 is 0 Å². The first-order valence-corrected chi connectivity index (χ1v) is 8.33. The maximum absolute atomic E-state index is 5.86. The van der Waals surface area contributed by atoms with Gasteiger partial charge in [-0.3, -0.25) is 0 Å². The second-order valence-corrected chi connectivity index (χ2v) is 6.84. The number of ether oxygens (including phenoxy) is 1. The van der Waals surface area contributed by atoms with Crippen LogP contribution < -0.4 is 5.32 Å². The number of aromatic nitrogens is 2. The van der Waals surface area contributed by atoms with Crippen molar-refractivity contribution >= 4 is 11.8 Å². The monoisotopic (exact) mass is 281 g/mol. The zero-order valence-electron chi connectivity index (χ0n) is 10.9. The summed E-state index contributed by atoms with van der Waals surface area (Å²) >= 11 is 1.99. The minimum atomic E-state index is 0.332. The van der Waals surface area contributed by atoms with Crippen LogP contribution in [0.1, 0.15) is 36.9 Å². The van der Waals surface area contributed by atoms with E-state index in [1.54, 1.807) is 0 Å². The van der Waals surface area contributed by atoms with Gasteiger partial charge in [0.25, 0.3) is 0 Å². The number of hydrogen-bond acceptors (Lipinski definition) is 6. The number of thioether (sulfide) groups is 1. The predicted molar refractivity (Wildman–Crippen MR) is 72.4 cm³/mol. The van der Waals surface area contributed by atoms with Crippen LogP contribution in [-0.4, -0.2) is 46.4 Å². The summed E-state index contributed by atoms with van der Waals surface area (Å²) in [6, 6.07) is 0.475. The molecule has 4 atom stereocenters. The Morgan fingerprint density at radius 2 is 2.37 bits per heavy atom. The molecule has 0 aromatic carbocycles. The van der Waals surface area contributed by atoms with E-state index in [1.807, 2.05) is 11.8 Å². The van der Waals surface area contributed by atoms with Crippen molar-refractivity contribution in [2.45, 2.75) is 49.9 Å². The lowest BCUT2D eigenvalue weighted by Crippen LogP contribution is -2.38. The summed E-state index contributed by atoms with van der Waals surface area (Å²) in [6.07, 6.45) is 5.05. The zero-order valence-corrected chi connectivity index (χ0v) is 11.7. The second kappa shape index (κ2) is 5.07. The van der Waals surface area contributed by atoms with E-state index in [2.05, 4.69) is 15.5 Å². The fourth-order valence-corrected chi connectivity index (χ4v) is 4.32. The molecular weight excluding hydrogens is 262 g/mol. The summed E-state index contributed by atoms with van der Waals surface area (Å²) in [7, 11) is 0. The third kappa shape index (κ3) is 2.41. The summed E-state index contributed by atoms with van der Waals surface area (Å²) < 4.78 is 11.3. The molecule has 3 saturated heterocycles. The first-order chi connectivity index (χ1) is 9.38. The lowest BCUT2D eigenvalue weighted by molar-refractivity contribution is 0.0996. The number of rotatable bonds is 3. The molecule has 1 N–H and O–H groups in total. The van der Waals surface area contributed by atoms with Gasteiger partial charge in [-0.1, -0.05) is 5.16 Å². The van der Waals surface area contributed by atoms with E-state index in [0.29, 0.717) is 24.2 Å². The van der Waals surface area contributed by atoms with Crippen molar-refractivity contribution in [2.24, 2.45) is 0 Å². The van der Waals surface area contributed by atoms with Gasteiger partial charge in [0.15, 0.2) is 5.82 Å². The maximum Gasteiger partial charge on any atom is 0.228 e. The molecule has 3 aliphatic rings. The molecule has 0 spiro atoms. The summed E-state index contributed by atoms with van der Waals surface area (Å²) in [5, 5.41) is 7.68. The molecule has 19 heavy (non-hydrogen) atoms. The third-order valence-corrected chi connectivity index (χ3v) is 5.47. The Morgan fingerprint density at radius 1 is 1.37 bits per heavy atom. The molecule has 4 unspecified atom stereocenters. The Balaban J connectivity index is 1.41. The molecule has 104 valence electrons. The molecule has 4 rings (SSSR count). The van der Waals surface area contributed by atoms with Crippen molar-refractivity contribution in [1.82, 2.24) is 15.5 Å². The highest BCUT2D eigenvalue weighted by atomic mass is 32.2. The molecule has 0 saturated carbocycles. The maximum atomic E-state index is 5.86. The van der Waals surface area contributed by atoms with Crippen LogP contribution in [0.3, 0.4) is 0 Å². The van der Waals surface area contributed by atoms with Crippen molar-refractivity contribution in [2.75, 3.05) is 18.1 Å². The lowest BCUT2D eigenvalue weighted by Gasteiger charge is -2.21. The predicted octanol–water partition coefficient (Wildman–Crippen LogP) is 1.35. The fraction of sp³-hybridized carbons (Fsp3) is 0.846. The lowest BCUT2D eigenvalue weighted by atomic mass is 9.89. The van der Waals surface area contributed by atoms with Gasteiger partial charge in [0.2, 0.25) is 5.89 Å². The number of hydrogen-bond donors (Lipinski definition) is 1. The van der Waals surface area contributed by atoms with Crippen LogP contribution >= 0.6 is 11.8 Å². The number of nitrogens with one attached hydrogen (secondary N) is 1. The molecule has 5 nitrogen and oxygen atoms in total. The standard InChI is InChI=1S/C13H19N3O2S/c1-2-11-10(6-9(1)17-11)13-15-12(18-16-13)5-8-7-19-4-3-14-8/h8-11,14H,1-7H2.